The summed E-state index contributed by atoms with van der Waals surface area (Å²) in [6.07, 6.45) is 0. The van der Waals surface area contributed by atoms with Crippen molar-refractivity contribution in [1.29, 1.82) is 0 Å². The first-order valence-corrected chi connectivity index (χ1v) is 19.5. The van der Waals surface area contributed by atoms with Crippen molar-refractivity contribution in [3.8, 4) is 62.1 Å². The zero-order valence-electron chi connectivity index (χ0n) is 31.2. The Balaban J connectivity index is 1.08. The predicted octanol–water partition coefficient (Wildman–Crippen LogP) is 13.8. The van der Waals surface area contributed by atoms with Crippen LogP contribution in [0.1, 0.15) is 0 Å². The van der Waals surface area contributed by atoms with E-state index < -0.39 is 0 Å². The number of hydrogen-bond acceptors (Lipinski definition) is 4. The molecular weight excluding hydrogens is 709 g/mol. The highest BCUT2D eigenvalue weighted by Gasteiger charge is 2.22. The Labute approximate surface area is 333 Å². The molecule has 3 heterocycles. The van der Waals surface area contributed by atoms with E-state index >= 15 is 0 Å². The molecule has 12 aromatic rings. The van der Waals surface area contributed by atoms with Crippen LogP contribution in [0.2, 0.25) is 0 Å². The van der Waals surface area contributed by atoms with Crippen LogP contribution in [0.25, 0.3) is 117 Å². The molecule has 0 N–H and O–H groups in total. The van der Waals surface area contributed by atoms with Gasteiger partial charge in [0.15, 0.2) is 11.6 Å². The van der Waals surface area contributed by atoms with Crippen LogP contribution in [-0.4, -0.2) is 19.5 Å². The van der Waals surface area contributed by atoms with Crippen LogP contribution in [0.5, 0.6) is 0 Å². The number of para-hydroxylation sites is 1. The van der Waals surface area contributed by atoms with E-state index in [1.807, 2.05) is 24.3 Å². The Morgan fingerprint density at radius 3 is 1.57 bits per heavy atom. The molecule has 0 bridgehead atoms. The molecule has 3 aromatic heterocycles. The summed E-state index contributed by atoms with van der Waals surface area (Å²) in [6, 6.07) is 68.1. The molecule has 0 aliphatic carbocycles. The summed E-state index contributed by atoms with van der Waals surface area (Å²) in [6.45, 7) is 0. The number of rotatable bonds is 6. The number of aromatic nitrogens is 4. The second-order valence-corrected chi connectivity index (χ2v) is 14.8. The standard InChI is InChI=1S/C53H32N4O/c1-3-10-33(11-4-1)35-18-23-38(24-19-35)51-54-52(39-25-20-36(21-26-39)34-12-5-2-6-13-34)56-53(55-51)57-45-16-9-14-37-22-27-41-30-42(32-46(57)50(41)49(37)45)40-28-29-48-44(31-40)43-15-7-8-17-47(43)58-48/h1-32H. The molecule has 270 valence electrons. The minimum atomic E-state index is 0.567. The Kier molecular flexibility index (Phi) is 7.16. The van der Waals surface area contributed by atoms with Gasteiger partial charge in [0, 0.05) is 32.7 Å². The van der Waals surface area contributed by atoms with E-state index in [0.717, 1.165) is 82.9 Å². The second kappa shape index (κ2) is 12.8. The molecule has 0 saturated carbocycles. The molecule has 0 unspecified atom stereocenters. The summed E-state index contributed by atoms with van der Waals surface area (Å²) >= 11 is 0. The molecule has 0 amide bonds. The number of hydrogen-bond donors (Lipinski definition) is 0. The lowest BCUT2D eigenvalue weighted by Gasteiger charge is -2.12. The first-order valence-electron chi connectivity index (χ1n) is 19.5. The van der Waals surface area contributed by atoms with Crippen molar-refractivity contribution in [2.45, 2.75) is 0 Å². The zero-order chi connectivity index (χ0) is 38.2. The first-order chi connectivity index (χ1) is 28.7. The van der Waals surface area contributed by atoms with E-state index in [-0.39, 0.29) is 0 Å². The number of furan rings is 1. The molecule has 9 aromatic carbocycles. The third-order valence-corrected chi connectivity index (χ3v) is 11.4. The number of fused-ring (bicyclic) bond motifs is 3. The summed E-state index contributed by atoms with van der Waals surface area (Å²) in [5.41, 5.74) is 12.5. The summed E-state index contributed by atoms with van der Waals surface area (Å²) in [4.78, 5) is 15.7. The Hall–Kier alpha value is -7.89. The van der Waals surface area contributed by atoms with Crippen LogP contribution >= 0.6 is 0 Å². The highest BCUT2D eigenvalue weighted by molar-refractivity contribution is 6.25. The first kappa shape index (κ1) is 32.4. The topological polar surface area (TPSA) is 56.7 Å². The van der Waals surface area contributed by atoms with Crippen molar-refractivity contribution >= 4 is 54.5 Å². The van der Waals surface area contributed by atoms with Crippen LogP contribution in [0.4, 0.5) is 0 Å². The van der Waals surface area contributed by atoms with Crippen molar-refractivity contribution in [2.24, 2.45) is 0 Å². The minimum absolute atomic E-state index is 0.567. The lowest BCUT2D eigenvalue weighted by atomic mass is 9.96. The van der Waals surface area contributed by atoms with Crippen LogP contribution in [0.15, 0.2) is 199 Å². The van der Waals surface area contributed by atoms with Gasteiger partial charge in [0.2, 0.25) is 5.95 Å². The zero-order valence-corrected chi connectivity index (χ0v) is 31.2. The molecule has 0 aliphatic heterocycles. The Bertz CT molecular complexity index is 3380. The smallest absolute Gasteiger partial charge is 0.238 e. The fourth-order valence-corrected chi connectivity index (χ4v) is 8.59. The summed E-state index contributed by atoms with van der Waals surface area (Å²) < 4.78 is 8.43. The Morgan fingerprint density at radius 1 is 0.328 bits per heavy atom. The summed E-state index contributed by atoms with van der Waals surface area (Å²) in [7, 11) is 0. The lowest BCUT2D eigenvalue weighted by molar-refractivity contribution is 0.669. The van der Waals surface area contributed by atoms with Crippen molar-refractivity contribution in [1.82, 2.24) is 19.5 Å². The molecule has 58 heavy (non-hydrogen) atoms. The van der Waals surface area contributed by atoms with Gasteiger partial charge in [0.05, 0.1) is 11.0 Å². The maximum Gasteiger partial charge on any atom is 0.238 e. The Morgan fingerprint density at radius 2 is 0.879 bits per heavy atom. The van der Waals surface area contributed by atoms with E-state index in [1.54, 1.807) is 0 Å². The quantitative estimate of drug-likeness (QED) is 0.159. The largest absolute Gasteiger partial charge is 0.456 e. The van der Waals surface area contributed by atoms with Crippen molar-refractivity contribution in [2.75, 3.05) is 0 Å². The van der Waals surface area contributed by atoms with Gasteiger partial charge in [-0.05, 0) is 80.6 Å². The molecule has 0 spiro atoms. The average molecular weight is 741 g/mol. The van der Waals surface area contributed by atoms with Gasteiger partial charge in [-0.3, -0.25) is 4.57 Å². The third-order valence-electron chi connectivity index (χ3n) is 11.4. The highest BCUT2D eigenvalue weighted by atomic mass is 16.3. The maximum atomic E-state index is 6.20. The predicted molar refractivity (Wildman–Crippen MR) is 237 cm³/mol. The fourth-order valence-electron chi connectivity index (χ4n) is 8.59. The molecule has 0 radical (unpaired) electrons. The molecule has 0 aliphatic rings. The third kappa shape index (κ3) is 5.21. The van der Waals surface area contributed by atoms with E-state index in [2.05, 4.69) is 174 Å². The van der Waals surface area contributed by atoms with Gasteiger partial charge in [-0.15, -0.1) is 0 Å². The maximum absolute atomic E-state index is 6.20. The van der Waals surface area contributed by atoms with Crippen LogP contribution < -0.4 is 0 Å². The van der Waals surface area contributed by atoms with Gasteiger partial charge >= 0.3 is 0 Å². The molecule has 12 rings (SSSR count). The lowest BCUT2D eigenvalue weighted by Crippen LogP contribution is -2.06. The van der Waals surface area contributed by atoms with Gasteiger partial charge in [0.1, 0.15) is 11.2 Å². The van der Waals surface area contributed by atoms with Crippen molar-refractivity contribution < 1.29 is 4.42 Å². The number of nitrogens with zero attached hydrogens (tertiary/aromatic N) is 4. The van der Waals surface area contributed by atoms with Gasteiger partial charge < -0.3 is 4.42 Å². The second-order valence-electron chi connectivity index (χ2n) is 14.8. The van der Waals surface area contributed by atoms with Gasteiger partial charge in [-0.1, -0.05) is 158 Å². The fraction of sp³-hybridized carbons (Fsp3) is 0. The minimum Gasteiger partial charge on any atom is -0.456 e. The average Bonchev–Trinajstić information content (AvgIpc) is 3.85. The van der Waals surface area contributed by atoms with Crippen LogP contribution in [0.3, 0.4) is 0 Å². The number of benzene rings is 9. The molecule has 0 fully saturated rings. The van der Waals surface area contributed by atoms with Crippen molar-refractivity contribution in [3.63, 3.8) is 0 Å². The van der Waals surface area contributed by atoms with Crippen LogP contribution in [0, 0.1) is 0 Å². The van der Waals surface area contributed by atoms with Gasteiger partial charge in [-0.25, -0.2) is 4.98 Å². The van der Waals surface area contributed by atoms with Crippen LogP contribution in [-0.2, 0) is 0 Å². The summed E-state index contributed by atoms with van der Waals surface area (Å²) in [5.74, 6) is 1.79. The molecule has 0 saturated heterocycles. The molecule has 5 heteroatoms. The molecule has 0 atom stereocenters. The monoisotopic (exact) mass is 740 g/mol. The van der Waals surface area contributed by atoms with Crippen molar-refractivity contribution in [3.05, 3.63) is 194 Å². The van der Waals surface area contributed by atoms with E-state index in [0.29, 0.717) is 17.6 Å². The summed E-state index contributed by atoms with van der Waals surface area (Å²) in [5, 5.41) is 6.93. The van der Waals surface area contributed by atoms with E-state index in [1.165, 1.54) is 16.2 Å². The van der Waals surface area contributed by atoms with Gasteiger partial charge in [-0.2, -0.15) is 9.97 Å². The van der Waals surface area contributed by atoms with E-state index in [4.69, 9.17) is 19.4 Å². The highest BCUT2D eigenvalue weighted by Crippen LogP contribution is 2.42. The normalized spacial score (nSPS) is 11.8. The SMILES string of the molecule is c1ccc(-c2ccc(-c3nc(-c4ccc(-c5ccccc5)cc4)nc(-n4c5cccc6ccc7cc(-c8ccc9oc%10ccccc%10c9c8)cc4c7c65)n3)cc2)cc1. The van der Waals surface area contributed by atoms with E-state index in [9.17, 15) is 0 Å². The molecule has 5 nitrogen and oxygen atoms in total. The molecular formula is C53H32N4O. The van der Waals surface area contributed by atoms with Gasteiger partial charge in [0.25, 0.3) is 0 Å².